The fourth-order valence-electron chi connectivity index (χ4n) is 12.0. The van der Waals surface area contributed by atoms with Gasteiger partial charge in [0.1, 0.15) is 13.2 Å². The lowest BCUT2D eigenvalue weighted by Gasteiger charge is -2.29. The molecular weight excluding hydrogens is 1070 g/mol. The van der Waals surface area contributed by atoms with Gasteiger partial charge in [0.15, 0.2) is 0 Å². The Morgan fingerprint density at radius 2 is 0.659 bits per heavy atom. The lowest BCUT2D eigenvalue weighted by atomic mass is 10.0. The predicted octanol–water partition coefficient (Wildman–Crippen LogP) is 24.0. The Balaban J connectivity index is 3.95. The molecule has 0 radical (unpaired) electrons. The van der Waals surface area contributed by atoms with Crippen LogP contribution in [0, 0.1) is 0 Å². The van der Waals surface area contributed by atoms with Crippen molar-refractivity contribution in [2.75, 3.05) is 40.9 Å². The summed E-state index contributed by atoms with van der Waals surface area (Å²) < 4.78 is 23.5. The van der Waals surface area contributed by atoms with E-state index in [0.29, 0.717) is 17.4 Å². The molecule has 0 rings (SSSR count). The maximum Gasteiger partial charge on any atom is 0.268 e. The number of phosphoric acid groups is 1. The normalized spacial score (nSPS) is 13.6. The first-order chi connectivity index (χ1) is 41.5. The summed E-state index contributed by atoms with van der Waals surface area (Å²) in [6.07, 6.45) is 89.2. The number of likely N-dealkylation sites (N-methyl/N-ethyl adjacent to an activating group) is 1. The number of nitrogens with zero attached hydrogens (tertiary/aromatic N) is 1. The van der Waals surface area contributed by atoms with Crippen LogP contribution in [0.3, 0.4) is 0 Å². The van der Waals surface area contributed by atoms with Crippen molar-refractivity contribution in [3.8, 4) is 0 Å². The van der Waals surface area contributed by atoms with E-state index in [4.69, 9.17) is 9.05 Å². The molecule has 1 amide bonds. The van der Waals surface area contributed by atoms with Crippen molar-refractivity contribution in [2.45, 2.75) is 418 Å². The molecule has 0 aliphatic heterocycles. The van der Waals surface area contributed by atoms with Gasteiger partial charge in [-0.1, -0.05) is 391 Å². The molecule has 0 heterocycles. The number of allylic oxidation sites excluding steroid dienone is 3. The number of unbranched alkanes of at least 4 members (excludes halogenated alkanes) is 57. The molecule has 0 bridgehead atoms. The molecule has 0 aromatic heterocycles. The zero-order chi connectivity index (χ0) is 61.9. The Bertz CT molecular complexity index is 1430. The van der Waals surface area contributed by atoms with Gasteiger partial charge in [-0.05, 0) is 32.1 Å². The van der Waals surface area contributed by atoms with Crippen LogP contribution in [-0.4, -0.2) is 68.5 Å². The van der Waals surface area contributed by atoms with Crippen molar-refractivity contribution in [3.05, 3.63) is 24.3 Å². The van der Waals surface area contributed by atoms with Gasteiger partial charge in [-0.25, -0.2) is 0 Å². The molecule has 85 heavy (non-hydrogen) atoms. The summed E-state index contributed by atoms with van der Waals surface area (Å²) in [4.78, 5) is 25.7. The lowest BCUT2D eigenvalue weighted by Crippen LogP contribution is -2.45. The summed E-state index contributed by atoms with van der Waals surface area (Å²) in [6, 6.07) is -0.902. The van der Waals surface area contributed by atoms with Crippen LogP contribution in [-0.2, 0) is 18.4 Å². The van der Waals surface area contributed by atoms with E-state index in [1.54, 1.807) is 6.08 Å². The summed E-state index contributed by atoms with van der Waals surface area (Å²) in [6.45, 7) is 4.70. The molecule has 0 fully saturated rings. The standard InChI is InChI=1S/C76H151N2O6P/c1-6-8-10-12-14-16-18-20-22-24-26-28-30-32-33-34-35-36-37-38-39-40-41-42-43-44-46-48-50-52-54-56-58-60-62-64-66-68-70-76(80)77-74(73-84-85(81,82)83-72-71-78(3,4)5)75(79)69-67-65-63-61-59-57-55-53-51-49-47-45-31-29-27-25-23-21-19-17-15-13-11-9-7-2/h59,61,67,69,74-75,79H,6-58,60,62-66,68,70-73H2,1-5H3,(H-,77,80,81,82)/b61-59+,69-67+. The molecule has 0 spiro atoms. The Labute approximate surface area is 532 Å². The smallest absolute Gasteiger partial charge is 0.268 e. The molecule has 0 aromatic carbocycles. The fraction of sp³-hybridized carbons (Fsp3) is 0.934. The second-order valence-electron chi connectivity index (χ2n) is 27.7. The summed E-state index contributed by atoms with van der Waals surface area (Å²) in [7, 11) is 1.27. The van der Waals surface area contributed by atoms with Crippen molar-refractivity contribution < 1.29 is 32.9 Å². The summed E-state index contributed by atoms with van der Waals surface area (Å²) in [5, 5.41) is 14.0. The number of carbonyl (C=O) groups is 1. The molecule has 506 valence electrons. The van der Waals surface area contributed by atoms with Crippen LogP contribution in [0.25, 0.3) is 0 Å². The quantitative estimate of drug-likeness (QED) is 0.0272. The maximum atomic E-state index is 13.0. The van der Waals surface area contributed by atoms with Crippen molar-refractivity contribution in [1.82, 2.24) is 5.32 Å². The van der Waals surface area contributed by atoms with E-state index < -0.39 is 20.0 Å². The average Bonchev–Trinajstić information content (AvgIpc) is 3.49. The summed E-state index contributed by atoms with van der Waals surface area (Å²) in [5.41, 5.74) is 0. The van der Waals surface area contributed by atoms with Gasteiger partial charge in [-0.3, -0.25) is 9.36 Å². The number of phosphoric ester groups is 1. The van der Waals surface area contributed by atoms with Crippen molar-refractivity contribution in [1.29, 1.82) is 0 Å². The predicted molar refractivity (Wildman–Crippen MR) is 372 cm³/mol. The highest BCUT2D eigenvalue weighted by Crippen LogP contribution is 2.38. The fourth-order valence-corrected chi connectivity index (χ4v) is 12.7. The minimum absolute atomic E-state index is 0.00335. The largest absolute Gasteiger partial charge is 0.756 e. The monoisotopic (exact) mass is 1220 g/mol. The van der Waals surface area contributed by atoms with Gasteiger partial charge in [0.25, 0.3) is 7.82 Å². The molecule has 0 aromatic rings. The van der Waals surface area contributed by atoms with Gasteiger partial charge in [0.2, 0.25) is 5.91 Å². The zero-order valence-electron chi connectivity index (χ0n) is 58.1. The number of aliphatic hydroxyl groups is 1. The number of hydrogen-bond acceptors (Lipinski definition) is 6. The highest BCUT2D eigenvalue weighted by Gasteiger charge is 2.23. The maximum absolute atomic E-state index is 13.0. The summed E-state index contributed by atoms with van der Waals surface area (Å²) >= 11 is 0. The number of aliphatic hydroxyl groups excluding tert-OH is 1. The Hall–Kier alpha value is -1.02. The average molecular weight is 1220 g/mol. The first-order valence-electron chi connectivity index (χ1n) is 38.2. The highest BCUT2D eigenvalue weighted by molar-refractivity contribution is 7.45. The number of rotatable bonds is 72. The van der Waals surface area contributed by atoms with Gasteiger partial charge in [-0.15, -0.1) is 0 Å². The molecule has 0 aliphatic carbocycles. The number of hydrogen-bond donors (Lipinski definition) is 2. The van der Waals surface area contributed by atoms with Crippen molar-refractivity contribution in [3.63, 3.8) is 0 Å². The van der Waals surface area contributed by atoms with E-state index in [1.165, 1.54) is 347 Å². The number of nitrogens with one attached hydrogen (secondary N) is 1. The molecule has 3 unspecified atom stereocenters. The molecule has 3 atom stereocenters. The van der Waals surface area contributed by atoms with E-state index in [9.17, 15) is 19.4 Å². The third-order valence-electron chi connectivity index (χ3n) is 17.9. The van der Waals surface area contributed by atoms with Crippen LogP contribution in [0.5, 0.6) is 0 Å². The third-order valence-corrected chi connectivity index (χ3v) is 18.9. The van der Waals surface area contributed by atoms with E-state index in [2.05, 4.69) is 31.3 Å². The summed E-state index contributed by atoms with van der Waals surface area (Å²) in [5.74, 6) is -0.197. The van der Waals surface area contributed by atoms with E-state index in [1.807, 2.05) is 27.2 Å². The molecule has 0 saturated carbocycles. The highest BCUT2D eigenvalue weighted by atomic mass is 31.2. The molecule has 0 saturated heterocycles. The Kier molecular flexibility index (Phi) is 66.6. The van der Waals surface area contributed by atoms with Gasteiger partial charge < -0.3 is 28.8 Å². The van der Waals surface area contributed by atoms with Crippen molar-refractivity contribution >= 4 is 13.7 Å². The third kappa shape index (κ3) is 70.3. The van der Waals surface area contributed by atoms with Gasteiger partial charge in [0, 0.05) is 6.42 Å². The second-order valence-corrected chi connectivity index (χ2v) is 29.1. The minimum atomic E-state index is -4.61. The minimum Gasteiger partial charge on any atom is -0.756 e. The van der Waals surface area contributed by atoms with E-state index >= 15 is 0 Å². The first kappa shape index (κ1) is 84.0. The Morgan fingerprint density at radius 1 is 0.400 bits per heavy atom. The molecular formula is C76H151N2O6P. The molecule has 2 N–H and O–H groups in total. The lowest BCUT2D eigenvalue weighted by molar-refractivity contribution is -0.870. The van der Waals surface area contributed by atoms with Crippen LogP contribution in [0.2, 0.25) is 0 Å². The molecule has 9 heteroatoms. The number of carbonyl (C=O) groups excluding carboxylic acids is 1. The van der Waals surface area contributed by atoms with Gasteiger partial charge in [-0.2, -0.15) is 0 Å². The second kappa shape index (κ2) is 67.4. The number of amides is 1. The zero-order valence-corrected chi connectivity index (χ0v) is 59.0. The Morgan fingerprint density at radius 3 is 0.953 bits per heavy atom. The number of quaternary nitrogens is 1. The van der Waals surface area contributed by atoms with Crippen LogP contribution < -0.4 is 10.2 Å². The van der Waals surface area contributed by atoms with Crippen LogP contribution in [0.4, 0.5) is 0 Å². The van der Waals surface area contributed by atoms with Crippen LogP contribution in [0.1, 0.15) is 406 Å². The molecule has 8 nitrogen and oxygen atoms in total. The van der Waals surface area contributed by atoms with Crippen LogP contribution >= 0.6 is 7.82 Å². The molecule has 0 aliphatic rings. The first-order valence-corrected chi connectivity index (χ1v) is 39.7. The van der Waals surface area contributed by atoms with Crippen molar-refractivity contribution in [2.24, 2.45) is 0 Å². The van der Waals surface area contributed by atoms with E-state index in [-0.39, 0.29) is 19.1 Å². The van der Waals surface area contributed by atoms with E-state index in [0.717, 1.165) is 38.5 Å². The van der Waals surface area contributed by atoms with Crippen LogP contribution in [0.15, 0.2) is 24.3 Å². The topological polar surface area (TPSA) is 108 Å². The SMILES string of the molecule is CCCCCCCCCCCCCCCCCCCCC/C=C/CC/C=C/C(O)C(COP(=O)([O-])OCC[N+](C)(C)C)NC(=O)CCCCCCCCCCCCCCCCCCCCCCCCCCCCCCCCCCCCCCCC. The van der Waals surface area contributed by atoms with Gasteiger partial charge >= 0.3 is 0 Å². The van der Waals surface area contributed by atoms with Gasteiger partial charge in [0.05, 0.1) is 39.9 Å².